The number of carbonyl (C=O) groups excluding carboxylic acids is 1. The van der Waals surface area contributed by atoms with Crippen molar-refractivity contribution in [2.45, 2.75) is 78.1 Å². The minimum Gasteiger partial charge on any atom is -0.444 e. The first-order valence-corrected chi connectivity index (χ1v) is 11.1. The van der Waals surface area contributed by atoms with Crippen molar-refractivity contribution in [3.63, 3.8) is 0 Å². The third-order valence-corrected chi connectivity index (χ3v) is 6.05. The minimum absolute atomic E-state index is 0.220. The van der Waals surface area contributed by atoms with Crippen molar-refractivity contribution in [2.75, 3.05) is 13.6 Å². The van der Waals surface area contributed by atoms with Crippen LogP contribution < -0.4 is 0 Å². The second-order valence-electron chi connectivity index (χ2n) is 9.83. The van der Waals surface area contributed by atoms with Gasteiger partial charge < -0.3 is 14.1 Å². The number of rotatable bonds is 6. The van der Waals surface area contributed by atoms with Gasteiger partial charge in [0, 0.05) is 24.2 Å². The number of hydrogen-bond acceptors (Lipinski definition) is 3. The Bertz CT molecular complexity index is 648. The van der Waals surface area contributed by atoms with Gasteiger partial charge in [0.05, 0.1) is 5.60 Å². The SMILES string of the molecule is CN(CCc1ccc(Cl)c(C(C)(C)O[SiH2]C(C)(C)C)c1)C(=O)OC(C)(C)C. The van der Waals surface area contributed by atoms with Crippen LogP contribution in [-0.4, -0.2) is 39.9 Å². The molecular formula is C21H36ClNO3Si. The number of hydrogen-bond donors (Lipinski definition) is 0. The summed E-state index contributed by atoms with van der Waals surface area (Å²) in [6, 6.07) is 6.03. The molecular weight excluding hydrogens is 378 g/mol. The highest BCUT2D eigenvalue weighted by atomic mass is 35.5. The maximum Gasteiger partial charge on any atom is 0.410 e. The van der Waals surface area contributed by atoms with Gasteiger partial charge in [0.15, 0.2) is 9.76 Å². The van der Waals surface area contributed by atoms with Crippen LogP contribution in [0.5, 0.6) is 0 Å². The summed E-state index contributed by atoms with van der Waals surface area (Å²) in [6.45, 7) is 17.0. The molecule has 6 heteroatoms. The normalized spacial score (nSPS) is 13.3. The summed E-state index contributed by atoms with van der Waals surface area (Å²) in [5.41, 5.74) is 1.21. The molecule has 0 bridgehead atoms. The first kappa shape index (κ1) is 24.0. The van der Waals surface area contributed by atoms with Crippen molar-refractivity contribution in [3.8, 4) is 0 Å². The van der Waals surface area contributed by atoms with Crippen LogP contribution in [-0.2, 0) is 21.2 Å². The Labute approximate surface area is 172 Å². The molecule has 0 aliphatic rings. The number of halogens is 1. The fraction of sp³-hybridized carbons (Fsp3) is 0.667. The Morgan fingerprint density at radius 3 is 2.22 bits per heavy atom. The molecule has 0 saturated heterocycles. The molecule has 1 rings (SSSR count). The van der Waals surface area contributed by atoms with E-state index in [1.54, 1.807) is 11.9 Å². The van der Waals surface area contributed by atoms with E-state index in [0.717, 1.165) is 17.5 Å². The van der Waals surface area contributed by atoms with Gasteiger partial charge in [-0.25, -0.2) is 4.79 Å². The predicted molar refractivity (Wildman–Crippen MR) is 116 cm³/mol. The molecule has 0 saturated carbocycles. The lowest BCUT2D eigenvalue weighted by Crippen LogP contribution is -2.35. The lowest BCUT2D eigenvalue weighted by atomic mass is 9.95. The quantitative estimate of drug-likeness (QED) is 0.593. The molecule has 0 heterocycles. The summed E-state index contributed by atoms with van der Waals surface area (Å²) < 4.78 is 11.7. The molecule has 0 radical (unpaired) electrons. The molecule has 0 atom stereocenters. The van der Waals surface area contributed by atoms with Gasteiger partial charge in [-0.05, 0) is 57.7 Å². The summed E-state index contributed by atoms with van der Waals surface area (Å²) >= 11 is 6.47. The number of carbonyl (C=O) groups is 1. The number of benzene rings is 1. The van der Waals surface area contributed by atoms with Crippen molar-refractivity contribution in [3.05, 3.63) is 34.3 Å². The second-order valence-corrected chi connectivity index (χ2v) is 12.9. The third kappa shape index (κ3) is 8.67. The zero-order valence-electron chi connectivity index (χ0n) is 18.4. The van der Waals surface area contributed by atoms with Crippen LogP contribution in [0.15, 0.2) is 18.2 Å². The molecule has 0 aromatic heterocycles. The molecule has 4 nitrogen and oxygen atoms in total. The number of nitrogens with zero attached hydrogens (tertiary/aromatic N) is 1. The first-order valence-electron chi connectivity index (χ1n) is 9.48. The van der Waals surface area contributed by atoms with E-state index in [-0.39, 0.29) is 11.1 Å². The molecule has 0 unspecified atom stereocenters. The number of amides is 1. The summed E-state index contributed by atoms with van der Waals surface area (Å²) in [6.07, 6.45) is 0.420. The van der Waals surface area contributed by atoms with Crippen molar-refractivity contribution in [1.82, 2.24) is 4.90 Å². The van der Waals surface area contributed by atoms with Crippen molar-refractivity contribution >= 4 is 27.5 Å². The van der Waals surface area contributed by atoms with Gasteiger partial charge in [-0.15, -0.1) is 0 Å². The zero-order valence-corrected chi connectivity index (χ0v) is 20.6. The number of ether oxygens (including phenoxy) is 1. The molecule has 0 spiro atoms. The van der Waals surface area contributed by atoms with Gasteiger partial charge in [0.25, 0.3) is 0 Å². The topological polar surface area (TPSA) is 38.8 Å². The highest BCUT2D eigenvalue weighted by molar-refractivity contribution is 6.32. The lowest BCUT2D eigenvalue weighted by Gasteiger charge is -2.31. The Morgan fingerprint density at radius 2 is 1.70 bits per heavy atom. The smallest absolute Gasteiger partial charge is 0.410 e. The predicted octanol–water partition coefficient (Wildman–Crippen LogP) is 5.30. The minimum atomic E-state index is -0.707. The van der Waals surface area contributed by atoms with Crippen LogP contribution in [0.2, 0.25) is 10.1 Å². The number of likely N-dealkylation sites (N-methyl/N-ethyl adjacent to an activating group) is 1. The molecule has 154 valence electrons. The maximum absolute atomic E-state index is 12.1. The van der Waals surface area contributed by atoms with E-state index in [4.69, 9.17) is 20.8 Å². The van der Waals surface area contributed by atoms with E-state index in [9.17, 15) is 4.79 Å². The van der Waals surface area contributed by atoms with Gasteiger partial charge in [-0.2, -0.15) is 0 Å². The van der Waals surface area contributed by atoms with Crippen molar-refractivity contribution in [1.29, 1.82) is 0 Å². The molecule has 1 aromatic carbocycles. The van der Waals surface area contributed by atoms with Crippen LogP contribution >= 0.6 is 11.6 Å². The van der Waals surface area contributed by atoms with Gasteiger partial charge in [0.2, 0.25) is 0 Å². The first-order chi connectivity index (χ1) is 12.1. The van der Waals surface area contributed by atoms with Gasteiger partial charge in [-0.3, -0.25) is 0 Å². The van der Waals surface area contributed by atoms with E-state index < -0.39 is 21.0 Å². The lowest BCUT2D eigenvalue weighted by molar-refractivity contribution is 0.0300. The molecule has 27 heavy (non-hydrogen) atoms. The standard InChI is InChI=1S/C21H36ClNO3Si/c1-19(2,3)25-18(24)23(9)13-12-15-10-11-17(22)16(14-15)21(7,8)26-27-20(4,5)6/h10-11,14H,12-13,27H2,1-9H3. The Kier molecular flexibility index (Phi) is 7.97. The van der Waals surface area contributed by atoms with Gasteiger partial charge >= 0.3 is 6.09 Å². The molecule has 0 fully saturated rings. The van der Waals surface area contributed by atoms with E-state index in [1.165, 1.54) is 0 Å². The molecule has 0 aliphatic carbocycles. The highest BCUT2D eigenvalue weighted by Crippen LogP contribution is 2.34. The van der Waals surface area contributed by atoms with Gasteiger partial charge in [-0.1, -0.05) is 44.5 Å². The fourth-order valence-corrected chi connectivity index (χ4v) is 3.69. The van der Waals surface area contributed by atoms with Crippen LogP contribution in [0.1, 0.15) is 66.5 Å². The second kappa shape index (κ2) is 8.97. The largest absolute Gasteiger partial charge is 0.444 e. The molecule has 0 N–H and O–H groups in total. The Hall–Kier alpha value is -1.04. The maximum atomic E-state index is 12.1. The third-order valence-electron chi connectivity index (χ3n) is 3.99. The van der Waals surface area contributed by atoms with E-state index in [2.05, 4.69) is 40.7 Å². The summed E-state index contributed by atoms with van der Waals surface area (Å²) in [5.74, 6) is 0. The fourth-order valence-electron chi connectivity index (χ4n) is 2.39. The van der Waals surface area contributed by atoms with Crippen molar-refractivity contribution in [2.24, 2.45) is 0 Å². The Balaban J connectivity index is 2.82. The average Bonchev–Trinajstić information content (AvgIpc) is 2.49. The summed E-state index contributed by atoms with van der Waals surface area (Å²) in [5, 5.41) is 0.935. The summed E-state index contributed by atoms with van der Waals surface area (Å²) in [4.78, 5) is 13.7. The molecule has 0 aliphatic heterocycles. The highest BCUT2D eigenvalue weighted by Gasteiger charge is 2.27. The van der Waals surface area contributed by atoms with Crippen molar-refractivity contribution < 1.29 is 14.0 Å². The van der Waals surface area contributed by atoms with Crippen LogP contribution in [0.3, 0.4) is 0 Å². The van der Waals surface area contributed by atoms with E-state index in [0.29, 0.717) is 11.6 Å². The summed E-state index contributed by atoms with van der Waals surface area (Å²) in [7, 11) is 1.05. The Morgan fingerprint density at radius 1 is 1.11 bits per heavy atom. The van der Waals surface area contributed by atoms with Crippen LogP contribution in [0.25, 0.3) is 0 Å². The van der Waals surface area contributed by atoms with Crippen LogP contribution in [0.4, 0.5) is 4.79 Å². The average molecular weight is 414 g/mol. The monoisotopic (exact) mass is 413 g/mol. The zero-order chi connectivity index (χ0) is 21.0. The molecule has 1 aromatic rings. The van der Waals surface area contributed by atoms with Gasteiger partial charge in [0.1, 0.15) is 5.60 Å². The van der Waals surface area contributed by atoms with E-state index >= 15 is 0 Å². The van der Waals surface area contributed by atoms with E-state index in [1.807, 2.05) is 32.9 Å². The molecule has 1 amide bonds. The van der Waals surface area contributed by atoms with Crippen LogP contribution in [0, 0.1) is 0 Å².